The zero-order chi connectivity index (χ0) is 33.1. The van der Waals surface area contributed by atoms with Crippen LogP contribution < -0.4 is 0 Å². The summed E-state index contributed by atoms with van der Waals surface area (Å²) in [6.45, 7) is 9.02. The molecule has 7 rings (SSSR count). The molecule has 4 heteroatoms. The largest absolute Gasteiger partial charge is 0.255 e. The Kier molecular flexibility index (Phi) is 8.24. The molecule has 0 bridgehead atoms. The van der Waals surface area contributed by atoms with Gasteiger partial charge in [0.25, 0.3) is 0 Å². The van der Waals surface area contributed by atoms with Crippen molar-refractivity contribution in [2.45, 2.75) is 38.5 Å². The Labute approximate surface area is 283 Å². The first-order valence-corrected chi connectivity index (χ1v) is 16.4. The Morgan fingerprint density at radius 3 is 1.08 bits per heavy atom. The second kappa shape index (κ2) is 12.8. The summed E-state index contributed by atoms with van der Waals surface area (Å²) in [4.78, 5) is 19.8. The molecule has 48 heavy (non-hydrogen) atoms. The van der Waals surface area contributed by atoms with Gasteiger partial charge in [0.15, 0.2) is 17.5 Å². The number of pyridine rings is 1. The summed E-state index contributed by atoms with van der Waals surface area (Å²) in [5, 5.41) is 0. The average Bonchev–Trinajstić information content (AvgIpc) is 3.16. The van der Waals surface area contributed by atoms with E-state index in [0.29, 0.717) is 17.5 Å². The molecule has 2 heterocycles. The summed E-state index contributed by atoms with van der Waals surface area (Å²) in [6, 6.07) is 52.6. The molecule has 0 aliphatic heterocycles. The molecule has 0 amide bonds. The van der Waals surface area contributed by atoms with Crippen molar-refractivity contribution in [3.63, 3.8) is 0 Å². The average molecular weight is 623 g/mol. The van der Waals surface area contributed by atoms with Crippen molar-refractivity contribution in [3.05, 3.63) is 180 Å². The van der Waals surface area contributed by atoms with E-state index in [1.165, 1.54) is 22.3 Å². The first kappa shape index (κ1) is 30.9. The monoisotopic (exact) mass is 622 g/mol. The van der Waals surface area contributed by atoms with E-state index < -0.39 is 0 Å². The highest BCUT2D eigenvalue weighted by atomic mass is 15.0. The highest BCUT2D eigenvalue weighted by Gasteiger charge is 2.24. The van der Waals surface area contributed by atoms with E-state index in [4.69, 9.17) is 19.9 Å². The smallest absolute Gasteiger partial charge is 0.165 e. The predicted octanol–water partition coefficient (Wildman–Crippen LogP) is 10.6. The van der Waals surface area contributed by atoms with Crippen LogP contribution in [-0.2, 0) is 10.8 Å². The molecule has 0 atom stereocenters. The number of hydrogen-bond donors (Lipinski definition) is 0. The van der Waals surface area contributed by atoms with Gasteiger partial charge in [0, 0.05) is 39.3 Å². The van der Waals surface area contributed by atoms with Gasteiger partial charge in [0.05, 0.1) is 5.69 Å². The lowest BCUT2D eigenvalue weighted by Crippen LogP contribution is -2.18. The van der Waals surface area contributed by atoms with Crippen LogP contribution in [0.15, 0.2) is 158 Å². The third kappa shape index (κ3) is 6.17. The molecule has 2 aromatic heterocycles. The molecule has 5 aromatic carbocycles. The molecular formula is C44H38N4. The molecule has 0 fully saturated rings. The SMILES string of the molecule is CC(C)(c1ccccc1)c1ccc(-c2nc(-c3ccc(C(C)(C)c4ccccc4)cc3)nc(-c3ccc(-c4ccccc4)nc3)n2)cc1. The van der Waals surface area contributed by atoms with Gasteiger partial charge in [-0.2, -0.15) is 0 Å². The van der Waals surface area contributed by atoms with E-state index in [-0.39, 0.29) is 10.8 Å². The Morgan fingerprint density at radius 1 is 0.333 bits per heavy atom. The predicted molar refractivity (Wildman–Crippen MR) is 197 cm³/mol. The zero-order valence-electron chi connectivity index (χ0n) is 27.8. The van der Waals surface area contributed by atoms with Gasteiger partial charge in [-0.1, -0.05) is 167 Å². The van der Waals surface area contributed by atoms with Crippen LogP contribution in [0.25, 0.3) is 45.4 Å². The fraction of sp³-hybridized carbons (Fsp3) is 0.136. The van der Waals surface area contributed by atoms with E-state index in [1.807, 2.05) is 36.5 Å². The van der Waals surface area contributed by atoms with Crippen molar-refractivity contribution in [1.82, 2.24) is 19.9 Å². The van der Waals surface area contributed by atoms with Crippen molar-refractivity contribution >= 4 is 0 Å². The molecule has 0 saturated carbocycles. The Hall–Kier alpha value is -5.74. The first-order valence-electron chi connectivity index (χ1n) is 16.4. The number of hydrogen-bond acceptors (Lipinski definition) is 4. The maximum Gasteiger partial charge on any atom is 0.165 e. The van der Waals surface area contributed by atoms with Crippen molar-refractivity contribution in [2.24, 2.45) is 0 Å². The minimum Gasteiger partial charge on any atom is -0.255 e. The van der Waals surface area contributed by atoms with Crippen LogP contribution in [0.3, 0.4) is 0 Å². The molecule has 0 saturated heterocycles. The topological polar surface area (TPSA) is 51.6 Å². The van der Waals surface area contributed by atoms with Crippen molar-refractivity contribution in [1.29, 1.82) is 0 Å². The maximum absolute atomic E-state index is 5.02. The highest BCUT2D eigenvalue weighted by molar-refractivity contribution is 5.68. The molecule has 0 aliphatic carbocycles. The Morgan fingerprint density at radius 2 is 0.688 bits per heavy atom. The van der Waals surface area contributed by atoms with E-state index in [2.05, 4.69) is 149 Å². The molecule has 0 radical (unpaired) electrons. The first-order chi connectivity index (χ1) is 23.3. The summed E-state index contributed by atoms with van der Waals surface area (Å²) in [5.41, 5.74) is 9.39. The molecular weight excluding hydrogens is 585 g/mol. The second-order valence-electron chi connectivity index (χ2n) is 13.2. The molecule has 0 unspecified atom stereocenters. The second-order valence-corrected chi connectivity index (χ2v) is 13.2. The summed E-state index contributed by atoms with van der Waals surface area (Å²) in [6.07, 6.45) is 1.85. The van der Waals surface area contributed by atoms with E-state index in [1.54, 1.807) is 0 Å². The van der Waals surface area contributed by atoms with Gasteiger partial charge in [0.2, 0.25) is 0 Å². The number of benzene rings is 5. The molecule has 4 nitrogen and oxygen atoms in total. The lowest BCUT2D eigenvalue weighted by atomic mass is 9.78. The minimum atomic E-state index is -0.142. The normalized spacial score (nSPS) is 11.8. The van der Waals surface area contributed by atoms with Gasteiger partial charge >= 0.3 is 0 Å². The fourth-order valence-electron chi connectivity index (χ4n) is 6.18. The van der Waals surface area contributed by atoms with Gasteiger partial charge < -0.3 is 0 Å². The van der Waals surface area contributed by atoms with Crippen LogP contribution in [0.4, 0.5) is 0 Å². The van der Waals surface area contributed by atoms with Gasteiger partial charge in [0.1, 0.15) is 0 Å². The lowest BCUT2D eigenvalue weighted by Gasteiger charge is -2.26. The van der Waals surface area contributed by atoms with Crippen LogP contribution in [0.2, 0.25) is 0 Å². The number of nitrogens with zero attached hydrogens (tertiary/aromatic N) is 4. The zero-order valence-corrected chi connectivity index (χ0v) is 27.8. The number of rotatable bonds is 8. The van der Waals surface area contributed by atoms with Crippen LogP contribution in [-0.4, -0.2) is 19.9 Å². The van der Waals surface area contributed by atoms with Gasteiger partial charge in [-0.25, -0.2) is 15.0 Å². The van der Waals surface area contributed by atoms with Crippen LogP contribution in [0.1, 0.15) is 49.9 Å². The third-order valence-corrected chi connectivity index (χ3v) is 9.45. The Balaban J connectivity index is 1.27. The quantitative estimate of drug-likeness (QED) is 0.169. The van der Waals surface area contributed by atoms with Crippen molar-refractivity contribution in [2.75, 3.05) is 0 Å². The molecule has 0 N–H and O–H groups in total. The molecule has 234 valence electrons. The standard InChI is InChI=1S/C44H38N4/c1-43(2,35-16-10-6-11-17-35)37-25-20-32(21-26-37)40-46-41(33-22-27-38(28-23-33)44(3,4)36-18-12-7-13-19-36)48-42(47-40)34-24-29-39(45-30-34)31-14-8-5-9-15-31/h5-30H,1-4H3. The van der Waals surface area contributed by atoms with Gasteiger partial charge in [-0.15, -0.1) is 0 Å². The van der Waals surface area contributed by atoms with Crippen LogP contribution in [0, 0.1) is 0 Å². The highest BCUT2D eigenvalue weighted by Crippen LogP contribution is 2.35. The minimum absolute atomic E-state index is 0.142. The number of aromatic nitrogens is 4. The van der Waals surface area contributed by atoms with E-state index in [0.717, 1.165) is 27.9 Å². The summed E-state index contributed by atoms with van der Waals surface area (Å²) >= 11 is 0. The van der Waals surface area contributed by atoms with Crippen molar-refractivity contribution in [3.8, 4) is 45.4 Å². The maximum atomic E-state index is 5.02. The molecule has 0 spiro atoms. The molecule has 0 aliphatic rings. The van der Waals surface area contributed by atoms with Crippen LogP contribution >= 0.6 is 0 Å². The van der Waals surface area contributed by atoms with E-state index >= 15 is 0 Å². The van der Waals surface area contributed by atoms with E-state index in [9.17, 15) is 0 Å². The Bertz CT molecular complexity index is 2010. The molecule has 7 aromatic rings. The van der Waals surface area contributed by atoms with Crippen LogP contribution in [0.5, 0.6) is 0 Å². The van der Waals surface area contributed by atoms with Crippen molar-refractivity contribution < 1.29 is 0 Å². The third-order valence-electron chi connectivity index (χ3n) is 9.45. The summed E-state index contributed by atoms with van der Waals surface area (Å²) in [5.74, 6) is 1.84. The summed E-state index contributed by atoms with van der Waals surface area (Å²) < 4.78 is 0. The van der Waals surface area contributed by atoms with Gasteiger partial charge in [-0.05, 0) is 34.4 Å². The van der Waals surface area contributed by atoms with Gasteiger partial charge in [-0.3, -0.25) is 4.98 Å². The summed E-state index contributed by atoms with van der Waals surface area (Å²) in [7, 11) is 0. The lowest BCUT2D eigenvalue weighted by molar-refractivity contribution is 0.641. The fourth-order valence-corrected chi connectivity index (χ4v) is 6.18.